The lowest BCUT2D eigenvalue weighted by Crippen LogP contribution is -2.59. The molecule has 0 spiro atoms. The normalized spacial score (nSPS) is 17.4. The Balaban J connectivity index is 3.23. The van der Waals surface area contributed by atoms with Crippen LogP contribution in [0.4, 0.5) is 0 Å². The molecule has 2 unspecified atom stereocenters. The van der Waals surface area contributed by atoms with Crippen molar-refractivity contribution in [2.75, 3.05) is 0 Å². The Labute approximate surface area is 50.8 Å². The van der Waals surface area contributed by atoms with Gasteiger partial charge in [-0.2, -0.15) is 0 Å². The fourth-order valence-electron chi connectivity index (χ4n) is 0.657. The van der Waals surface area contributed by atoms with Crippen molar-refractivity contribution in [2.24, 2.45) is 4.99 Å². The van der Waals surface area contributed by atoms with Crippen LogP contribution in [0.3, 0.4) is 0 Å². The van der Waals surface area contributed by atoms with Crippen molar-refractivity contribution < 1.29 is 5.73 Å². The Bertz CT molecular complexity index is 68.9. The smallest absolute Gasteiger partial charge is 0.0835 e. The monoisotopic (exact) mass is 115 g/mol. The Morgan fingerprint density at radius 1 is 1.62 bits per heavy atom. The van der Waals surface area contributed by atoms with Crippen LogP contribution in [0.25, 0.3) is 0 Å². The number of rotatable bonds is 3. The third-order valence-corrected chi connectivity index (χ3v) is 1.06. The highest BCUT2D eigenvalue weighted by molar-refractivity contribution is 5.23. The summed E-state index contributed by atoms with van der Waals surface area (Å²) < 4.78 is 0. The molecule has 0 saturated heterocycles. The first kappa shape index (κ1) is 7.63. The van der Waals surface area contributed by atoms with Gasteiger partial charge in [-0.05, 0) is 20.6 Å². The molecule has 0 rings (SSSR count). The molecule has 2 heteroatoms. The second-order valence-electron chi connectivity index (χ2n) is 2.37. The molecule has 0 radical (unpaired) electrons. The molecule has 0 aliphatic rings. The minimum atomic E-state index is 0.377. The summed E-state index contributed by atoms with van der Waals surface area (Å²) in [5, 5.41) is 0. The van der Waals surface area contributed by atoms with Crippen molar-refractivity contribution in [3.05, 3.63) is 0 Å². The van der Waals surface area contributed by atoms with Gasteiger partial charge in [0.1, 0.15) is 0 Å². The van der Waals surface area contributed by atoms with E-state index in [1.165, 1.54) is 0 Å². The summed E-state index contributed by atoms with van der Waals surface area (Å²) in [6.45, 7) is 7.57. The summed E-state index contributed by atoms with van der Waals surface area (Å²) in [4.78, 5) is 3.84. The summed E-state index contributed by atoms with van der Waals surface area (Å²) >= 11 is 0. The highest BCUT2D eigenvalue weighted by Crippen LogP contribution is 1.95. The lowest BCUT2D eigenvalue weighted by atomic mass is 10.1. The Morgan fingerprint density at radius 2 is 2.12 bits per heavy atom. The van der Waals surface area contributed by atoms with E-state index in [2.05, 4.69) is 31.3 Å². The molecular formula is C6H15N2+. The van der Waals surface area contributed by atoms with Crippen molar-refractivity contribution in [1.29, 1.82) is 0 Å². The van der Waals surface area contributed by atoms with Crippen LogP contribution < -0.4 is 5.73 Å². The molecule has 0 fully saturated rings. The van der Waals surface area contributed by atoms with Crippen molar-refractivity contribution in [1.82, 2.24) is 0 Å². The van der Waals surface area contributed by atoms with E-state index in [1.54, 1.807) is 0 Å². The fraction of sp³-hybridized carbons (Fsp3) is 0.833. The van der Waals surface area contributed by atoms with E-state index in [0.717, 1.165) is 6.42 Å². The molecule has 48 valence electrons. The molecule has 3 N–H and O–H groups in total. The number of quaternary nitrogens is 1. The van der Waals surface area contributed by atoms with Crippen molar-refractivity contribution in [3.8, 4) is 0 Å². The van der Waals surface area contributed by atoms with Crippen LogP contribution in [-0.4, -0.2) is 18.8 Å². The van der Waals surface area contributed by atoms with Gasteiger partial charge in [-0.25, -0.2) is 0 Å². The zero-order chi connectivity index (χ0) is 6.57. The molecule has 0 aromatic rings. The number of hydrogen-bond donors (Lipinski definition) is 1. The number of aliphatic imine (C=N–C) groups is 1. The summed E-state index contributed by atoms with van der Waals surface area (Å²) in [6.07, 6.45) is 1.05. The molecule has 8 heavy (non-hydrogen) atoms. The van der Waals surface area contributed by atoms with Crippen LogP contribution in [-0.2, 0) is 0 Å². The van der Waals surface area contributed by atoms with Gasteiger partial charge in [0.25, 0.3) is 0 Å². The van der Waals surface area contributed by atoms with Gasteiger partial charge < -0.3 is 5.73 Å². The van der Waals surface area contributed by atoms with E-state index in [1.807, 2.05) is 0 Å². The molecule has 0 aliphatic heterocycles. The third kappa shape index (κ3) is 3.81. The minimum absolute atomic E-state index is 0.377. The van der Waals surface area contributed by atoms with Gasteiger partial charge in [0.05, 0.1) is 12.1 Å². The van der Waals surface area contributed by atoms with Crippen molar-refractivity contribution in [2.45, 2.75) is 32.4 Å². The second kappa shape index (κ2) is 3.61. The molecule has 0 amide bonds. The van der Waals surface area contributed by atoms with Crippen LogP contribution in [0, 0.1) is 0 Å². The van der Waals surface area contributed by atoms with Crippen LogP contribution in [0.5, 0.6) is 0 Å². The minimum Gasteiger partial charge on any atom is -0.355 e. The van der Waals surface area contributed by atoms with Gasteiger partial charge in [0.15, 0.2) is 0 Å². The predicted octanol–water partition coefficient (Wildman–Crippen LogP) is 0.0960. The van der Waals surface area contributed by atoms with Crippen molar-refractivity contribution >= 4 is 6.72 Å². The lowest BCUT2D eigenvalue weighted by Gasteiger charge is -2.04. The predicted molar refractivity (Wildman–Crippen MR) is 36.0 cm³/mol. The van der Waals surface area contributed by atoms with Gasteiger partial charge in [-0.3, -0.25) is 4.99 Å². The topological polar surface area (TPSA) is 40.0 Å². The maximum Gasteiger partial charge on any atom is 0.0835 e. The van der Waals surface area contributed by atoms with E-state index < -0.39 is 0 Å². The number of hydrogen-bond acceptors (Lipinski definition) is 1. The number of nitrogens with zero attached hydrogens (tertiary/aromatic N) is 1. The highest BCUT2D eigenvalue weighted by Gasteiger charge is 2.02. The Morgan fingerprint density at radius 3 is 2.25 bits per heavy atom. The molecule has 0 aliphatic carbocycles. The maximum absolute atomic E-state index is 3.84. The molecule has 0 saturated carbocycles. The summed E-state index contributed by atoms with van der Waals surface area (Å²) in [6, 6.07) is 0.873. The standard InChI is InChI=1S/C6H14N2/c1-5(7)4-6(2)8-3/h5-6H,3-4,7H2,1-2H3/p+1. The zero-order valence-corrected chi connectivity index (χ0v) is 5.72. The lowest BCUT2D eigenvalue weighted by molar-refractivity contribution is -0.415. The fourth-order valence-corrected chi connectivity index (χ4v) is 0.657. The van der Waals surface area contributed by atoms with Crippen LogP contribution in [0.1, 0.15) is 20.3 Å². The molecule has 0 aromatic carbocycles. The highest BCUT2D eigenvalue weighted by atomic mass is 14.7. The molecule has 2 nitrogen and oxygen atoms in total. The first-order chi connectivity index (χ1) is 3.66. The first-order valence-electron chi connectivity index (χ1n) is 2.95. The molecule has 2 atom stereocenters. The average Bonchev–Trinajstić information content (AvgIpc) is 1.65. The van der Waals surface area contributed by atoms with Gasteiger partial charge in [0, 0.05) is 6.42 Å². The van der Waals surface area contributed by atoms with Gasteiger partial charge in [0.2, 0.25) is 0 Å². The van der Waals surface area contributed by atoms with Crippen LogP contribution in [0.2, 0.25) is 0 Å². The SMILES string of the molecule is C=NC(C)CC(C)[NH3+]. The maximum atomic E-state index is 3.84. The Hall–Kier alpha value is -0.370. The first-order valence-corrected chi connectivity index (χ1v) is 2.95. The largest absolute Gasteiger partial charge is 0.355 e. The molecule has 0 heterocycles. The summed E-state index contributed by atoms with van der Waals surface area (Å²) in [5.74, 6) is 0. The Kier molecular flexibility index (Phi) is 3.44. The summed E-state index contributed by atoms with van der Waals surface area (Å²) in [5.41, 5.74) is 3.84. The molecule has 0 bridgehead atoms. The quantitative estimate of drug-likeness (QED) is 0.507. The van der Waals surface area contributed by atoms with E-state index >= 15 is 0 Å². The van der Waals surface area contributed by atoms with E-state index in [-0.39, 0.29) is 0 Å². The van der Waals surface area contributed by atoms with E-state index in [4.69, 9.17) is 0 Å². The van der Waals surface area contributed by atoms with Crippen LogP contribution >= 0.6 is 0 Å². The van der Waals surface area contributed by atoms with E-state index in [0.29, 0.717) is 12.1 Å². The average molecular weight is 115 g/mol. The molecular weight excluding hydrogens is 100 g/mol. The summed E-state index contributed by atoms with van der Waals surface area (Å²) in [7, 11) is 0. The van der Waals surface area contributed by atoms with Crippen LogP contribution in [0.15, 0.2) is 4.99 Å². The van der Waals surface area contributed by atoms with Crippen molar-refractivity contribution in [3.63, 3.8) is 0 Å². The van der Waals surface area contributed by atoms with E-state index in [9.17, 15) is 0 Å². The zero-order valence-electron chi connectivity index (χ0n) is 5.72. The third-order valence-electron chi connectivity index (χ3n) is 1.06. The molecule has 0 aromatic heterocycles. The van der Waals surface area contributed by atoms with Gasteiger partial charge >= 0.3 is 0 Å². The van der Waals surface area contributed by atoms with Gasteiger partial charge in [-0.1, -0.05) is 0 Å². The van der Waals surface area contributed by atoms with Gasteiger partial charge in [-0.15, -0.1) is 0 Å². The second-order valence-corrected chi connectivity index (χ2v) is 2.37.